The van der Waals surface area contributed by atoms with Crippen LogP contribution in [0.15, 0.2) is 34.0 Å². The Kier molecular flexibility index (Phi) is 10.6. The van der Waals surface area contributed by atoms with Crippen molar-refractivity contribution >= 4 is 29.9 Å². The first-order valence-corrected chi connectivity index (χ1v) is 10.9. The lowest BCUT2D eigenvalue weighted by Crippen LogP contribution is -2.44. The lowest BCUT2D eigenvalue weighted by Gasteiger charge is -2.33. The number of nitrogens with one attached hydrogen (secondary N) is 2. The van der Waals surface area contributed by atoms with Crippen molar-refractivity contribution in [2.45, 2.75) is 52.6 Å². The van der Waals surface area contributed by atoms with Gasteiger partial charge < -0.3 is 19.8 Å². The Morgan fingerprint density at radius 3 is 2.68 bits per heavy atom. The predicted molar refractivity (Wildman–Crippen MR) is 135 cm³/mol. The van der Waals surface area contributed by atoms with Gasteiger partial charge in [0.2, 0.25) is 0 Å². The van der Waals surface area contributed by atoms with Crippen LogP contribution in [0, 0.1) is 13.8 Å². The number of rotatable bonds is 8. The average Bonchev–Trinajstić information content (AvgIpc) is 3.29. The first kappa shape index (κ1) is 25.5. The van der Waals surface area contributed by atoms with Crippen molar-refractivity contribution in [1.29, 1.82) is 0 Å². The number of nitrogens with zero attached hydrogens (tertiary/aromatic N) is 3. The Hall–Kier alpha value is -1.81. The molecule has 3 heterocycles. The van der Waals surface area contributed by atoms with E-state index in [-0.39, 0.29) is 30.0 Å². The lowest BCUT2D eigenvalue weighted by atomic mass is 10.1. The second kappa shape index (κ2) is 12.9. The number of ether oxygens (including phenoxy) is 1. The maximum absolute atomic E-state index is 5.76. The Morgan fingerprint density at radius 1 is 1.26 bits per heavy atom. The summed E-state index contributed by atoms with van der Waals surface area (Å²) in [6, 6.07) is 4.23. The van der Waals surface area contributed by atoms with Crippen LogP contribution in [-0.2, 0) is 6.54 Å². The van der Waals surface area contributed by atoms with Gasteiger partial charge in [0, 0.05) is 30.4 Å². The maximum atomic E-state index is 5.76. The van der Waals surface area contributed by atoms with Crippen LogP contribution in [0.1, 0.15) is 54.8 Å². The van der Waals surface area contributed by atoms with Gasteiger partial charge in [-0.15, -0.1) is 24.0 Å². The largest absolute Gasteiger partial charge is 0.496 e. The number of pyridine rings is 1. The number of aryl methyl sites for hydroxylation is 1. The first-order valence-electron chi connectivity index (χ1n) is 10.9. The van der Waals surface area contributed by atoms with Crippen LogP contribution in [0.2, 0.25) is 0 Å². The van der Waals surface area contributed by atoms with E-state index in [2.05, 4.69) is 33.5 Å². The number of methoxy groups -OCH3 is 1. The molecule has 2 aromatic rings. The van der Waals surface area contributed by atoms with Gasteiger partial charge >= 0.3 is 0 Å². The van der Waals surface area contributed by atoms with E-state index in [0.29, 0.717) is 6.54 Å². The maximum Gasteiger partial charge on any atom is 0.191 e. The third-order valence-electron chi connectivity index (χ3n) is 5.65. The van der Waals surface area contributed by atoms with Gasteiger partial charge in [-0.25, -0.2) is 4.99 Å². The summed E-state index contributed by atoms with van der Waals surface area (Å²) < 4.78 is 11.3. The van der Waals surface area contributed by atoms with Gasteiger partial charge in [0.15, 0.2) is 5.96 Å². The zero-order valence-electron chi connectivity index (χ0n) is 19.1. The van der Waals surface area contributed by atoms with Crippen molar-refractivity contribution in [3.05, 3.63) is 47.2 Å². The SMILES string of the molecule is CCNC(=NCc1ncc(C)c(OC)c1C)NCC(c1ccco1)N1CCCCC1.I. The third kappa shape index (κ3) is 6.83. The van der Waals surface area contributed by atoms with E-state index in [4.69, 9.17) is 14.1 Å². The van der Waals surface area contributed by atoms with Crippen molar-refractivity contribution in [3.63, 3.8) is 0 Å². The molecule has 0 aromatic carbocycles. The average molecular weight is 541 g/mol. The first-order chi connectivity index (χ1) is 14.6. The highest BCUT2D eigenvalue weighted by atomic mass is 127. The fourth-order valence-corrected chi connectivity index (χ4v) is 4.04. The van der Waals surface area contributed by atoms with Crippen molar-refractivity contribution in [3.8, 4) is 5.75 Å². The number of hydrogen-bond acceptors (Lipinski definition) is 5. The normalized spacial score (nSPS) is 15.8. The molecule has 172 valence electrons. The molecule has 1 aliphatic heterocycles. The van der Waals surface area contributed by atoms with Gasteiger partial charge in [-0.05, 0) is 58.8 Å². The van der Waals surface area contributed by atoms with Crippen LogP contribution in [0.3, 0.4) is 0 Å². The van der Waals surface area contributed by atoms with Crippen molar-refractivity contribution < 1.29 is 9.15 Å². The summed E-state index contributed by atoms with van der Waals surface area (Å²) in [5.41, 5.74) is 3.00. The van der Waals surface area contributed by atoms with E-state index < -0.39 is 0 Å². The minimum absolute atomic E-state index is 0. The van der Waals surface area contributed by atoms with Crippen molar-refractivity contribution in [2.24, 2.45) is 4.99 Å². The van der Waals surface area contributed by atoms with E-state index in [0.717, 1.165) is 60.5 Å². The van der Waals surface area contributed by atoms with Gasteiger partial charge in [-0.3, -0.25) is 9.88 Å². The summed E-state index contributed by atoms with van der Waals surface area (Å²) in [4.78, 5) is 11.8. The van der Waals surface area contributed by atoms with E-state index >= 15 is 0 Å². The van der Waals surface area contributed by atoms with Gasteiger partial charge in [-0.1, -0.05) is 6.42 Å². The predicted octanol–water partition coefficient (Wildman–Crippen LogP) is 4.20. The Balaban J connectivity index is 0.00000341. The molecule has 0 bridgehead atoms. The topological polar surface area (TPSA) is 74.9 Å². The van der Waals surface area contributed by atoms with Crippen LogP contribution < -0.4 is 15.4 Å². The molecule has 2 aromatic heterocycles. The molecule has 1 atom stereocenters. The molecule has 0 saturated carbocycles. The Morgan fingerprint density at radius 2 is 2.03 bits per heavy atom. The molecule has 0 radical (unpaired) electrons. The zero-order valence-corrected chi connectivity index (χ0v) is 21.4. The molecule has 3 rings (SSSR count). The molecule has 2 N–H and O–H groups in total. The molecule has 1 saturated heterocycles. The highest BCUT2D eigenvalue weighted by molar-refractivity contribution is 14.0. The number of aromatic nitrogens is 1. The molecule has 31 heavy (non-hydrogen) atoms. The van der Waals surface area contributed by atoms with Crippen molar-refractivity contribution in [1.82, 2.24) is 20.5 Å². The highest BCUT2D eigenvalue weighted by Crippen LogP contribution is 2.25. The molecule has 0 spiro atoms. The molecular weight excluding hydrogens is 505 g/mol. The monoisotopic (exact) mass is 541 g/mol. The van der Waals surface area contributed by atoms with E-state index in [1.807, 2.05) is 26.1 Å². The van der Waals surface area contributed by atoms with E-state index in [1.54, 1.807) is 13.4 Å². The molecule has 1 fully saturated rings. The fourth-order valence-electron chi connectivity index (χ4n) is 4.04. The number of aliphatic imine (C=N–C) groups is 1. The van der Waals surface area contributed by atoms with Crippen LogP contribution >= 0.6 is 24.0 Å². The molecular formula is C23H36IN5O2. The molecule has 0 aliphatic carbocycles. The van der Waals surface area contributed by atoms with Gasteiger partial charge in [0.25, 0.3) is 0 Å². The van der Waals surface area contributed by atoms with Crippen LogP contribution in [0.5, 0.6) is 5.75 Å². The van der Waals surface area contributed by atoms with Crippen LogP contribution in [0.4, 0.5) is 0 Å². The Bertz CT molecular complexity index is 820. The van der Waals surface area contributed by atoms with Crippen LogP contribution in [0.25, 0.3) is 0 Å². The summed E-state index contributed by atoms with van der Waals surface area (Å²) in [5, 5.41) is 6.86. The second-order valence-electron chi connectivity index (χ2n) is 7.75. The number of piperidine rings is 1. The fraction of sp³-hybridized carbons (Fsp3) is 0.565. The molecule has 0 amide bonds. The number of guanidine groups is 1. The van der Waals surface area contributed by atoms with E-state index in [1.165, 1.54) is 19.3 Å². The summed E-state index contributed by atoms with van der Waals surface area (Å²) in [6.07, 6.45) is 7.40. The smallest absolute Gasteiger partial charge is 0.191 e. The number of hydrogen-bond donors (Lipinski definition) is 2. The van der Waals surface area contributed by atoms with Gasteiger partial charge in [0.05, 0.1) is 31.7 Å². The number of halogens is 1. The minimum atomic E-state index is 0. The quantitative estimate of drug-likeness (QED) is 0.297. The third-order valence-corrected chi connectivity index (χ3v) is 5.65. The minimum Gasteiger partial charge on any atom is -0.496 e. The molecule has 8 heteroatoms. The van der Waals surface area contributed by atoms with E-state index in [9.17, 15) is 0 Å². The number of furan rings is 1. The second-order valence-corrected chi connectivity index (χ2v) is 7.75. The highest BCUT2D eigenvalue weighted by Gasteiger charge is 2.24. The summed E-state index contributed by atoms with van der Waals surface area (Å²) in [7, 11) is 1.70. The summed E-state index contributed by atoms with van der Waals surface area (Å²) >= 11 is 0. The summed E-state index contributed by atoms with van der Waals surface area (Å²) in [5.74, 6) is 2.67. The Labute approximate surface area is 203 Å². The standard InChI is InChI=1S/C23H35N5O2.HI/c1-5-24-23(26-15-19-18(3)22(29-4)17(2)14-25-19)27-16-20(21-10-9-13-30-21)28-11-7-6-8-12-28;/h9-10,13-14,20H,5-8,11-12,15-16H2,1-4H3,(H2,24,26,27);1H. The molecule has 1 aliphatic rings. The van der Waals surface area contributed by atoms with Gasteiger partial charge in [-0.2, -0.15) is 0 Å². The molecule has 7 nitrogen and oxygen atoms in total. The van der Waals surface area contributed by atoms with Gasteiger partial charge in [0.1, 0.15) is 11.5 Å². The van der Waals surface area contributed by atoms with Crippen molar-refractivity contribution in [2.75, 3.05) is 33.3 Å². The lowest BCUT2D eigenvalue weighted by molar-refractivity contribution is 0.146. The zero-order chi connectivity index (χ0) is 21.3. The number of likely N-dealkylation sites (tertiary alicyclic amines) is 1. The summed E-state index contributed by atoms with van der Waals surface area (Å²) in [6.45, 7) is 10.4. The van der Waals surface area contributed by atoms with Crippen LogP contribution in [-0.4, -0.2) is 49.1 Å². The molecule has 1 unspecified atom stereocenters.